The van der Waals surface area contributed by atoms with Crippen molar-refractivity contribution in [3.05, 3.63) is 46.6 Å². The Kier molecular flexibility index (Phi) is 7.25. The highest BCUT2D eigenvalue weighted by Gasteiger charge is 2.30. The van der Waals surface area contributed by atoms with Crippen LogP contribution in [0, 0.1) is 12.8 Å². The lowest BCUT2D eigenvalue weighted by atomic mass is 9.98. The molecule has 2 heterocycles. The second-order valence-electron chi connectivity index (χ2n) is 7.41. The molecule has 0 spiro atoms. The molecule has 2 N–H and O–H groups in total. The van der Waals surface area contributed by atoms with E-state index in [0.717, 1.165) is 0 Å². The number of anilines is 2. The van der Waals surface area contributed by atoms with Crippen LogP contribution >= 0.6 is 11.6 Å². The first-order valence-electron chi connectivity index (χ1n) is 10.1. The van der Waals surface area contributed by atoms with Gasteiger partial charge in [-0.3, -0.25) is 9.52 Å². The molecule has 3 rings (SSSR count). The Hall–Kier alpha value is -2.85. The maximum absolute atomic E-state index is 12.8. The molecule has 0 saturated carbocycles. The molecule has 0 amide bonds. The van der Waals surface area contributed by atoms with Crippen molar-refractivity contribution in [1.82, 2.24) is 4.98 Å². The maximum Gasteiger partial charge on any atom is 0.339 e. The topological polar surface area (TPSA) is 126 Å². The molecule has 11 heteroatoms. The normalized spacial score (nSPS) is 16.5. The van der Waals surface area contributed by atoms with E-state index in [2.05, 4.69) is 9.71 Å². The minimum absolute atomic E-state index is 0.00415. The van der Waals surface area contributed by atoms with E-state index in [1.807, 2.05) is 0 Å². The summed E-state index contributed by atoms with van der Waals surface area (Å²) in [5, 5.41) is 10.0. The standard InChI is InChI=1S/C21H24ClN3O6S/c1-3-31-21(28)14-6-5-9-25(12-14)19-16(20(26)27)10-15(11-23-19)24-32(29,30)18-8-4-7-17(22)13(18)2/h4,7-8,10-11,14,24H,3,5-6,9,12H2,1-2H3,(H,26,27)/t14-/m1/s1. The Labute approximate surface area is 191 Å². The molecule has 9 nitrogen and oxygen atoms in total. The molecule has 1 fully saturated rings. The number of halogens is 1. The molecular weight excluding hydrogens is 458 g/mol. The number of ether oxygens (including phenoxy) is 1. The quantitative estimate of drug-likeness (QED) is 0.577. The van der Waals surface area contributed by atoms with Crippen molar-refractivity contribution in [3.63, 3.8) is 0 Å². The van der Waals surface area contributed by atoms with Gasteiger partial charge in [0.1, 0.15) is 11.4 Å². The highest BCUT2D eigenvalue weighted by molar-refractivity contribution is 7.92. The number of hydrogen-bond donors (Lipinski definition) is 2. The SMILES string of the molecule is CCOC(=O)[C@@H]1CCCN(c2ncc(NS(=O)(=O)c3cccc(Cl)c3C)cc2C(=O)O)C1. The zero-order chi connectivity index (χ0) is 23.5. The molecule has 0 radical (unpaired) electrons. The molecule has 1 aliphatic rings. The van der Waals surface area contributed by atoms with Crippen molar-refractivity contribution in [3.8, 4) is 0 Å². The number of rotatable bonds is 7. The lowest BCUT2D eigenvalue weighted by Crippen LogP contribution is -2.40. The number of carbonyl (C=O) groups is 2. The smallest absolute Gasteiger partial charge is 0.339 e. The minimum atomic E-state index is -4.02. The first kappa shape index (κ1) is 23.8. The van der Waals surface area contributed by atoms with Crippen LogP contribution in [0.15, 0.2) is 35.4 Å². The van der Waals surface area contributed by atoms with Crippen molar-refractivity contribution in [2.24, 2.45) is 5.92 Å². The van der Waals surface area contributed by atoms with E-state index < -0.39 is 16.0 Å². The summed E-state index contributed by atoms with van der Waals surface area (Å²) < 4.78 is 33.1. The van der Waals surface area contributed by atoms with Gasteiger partial charge in [0.15, 0.2) is 0 Å². The summed E-state index contributed by atoms with van der Waals surface area (Å²) in [6.45, 7) is 4.38. The number of carbonyl (C=O) groups excluding carboxylic acids is 1. The summed E-state index contributed by atoms with van der Waals surface area (Å²) in [6.07, 6.45) is 2.58. The lowest BCUT2D eigenvalue weighted by molar-refractivity contribution is -0.148. The van der Waals surface area contributed by atoms with Crippen molar-refractivity contribution >= 4 is 45.1 Å². The number of nitrogens with zero attached hydrogens (tertiary/aromatic N) is 2. The predicted octanol–water partition coefficient (Wildman–Crippen LogP) is 3.32. The number of pyridine rings is 1. The van der Waals surface area contributed by atoms with E-state index in [4.69, 9.17) is 16.3 Å². The predicted molar refractivity (Wildman–Crippen MR) is 120 cm³/mol. The lowest BCUT2D eigenvalue weighted by Gasteiger charge is -2.33. The summed E-state index contributed by atoms with van der Waals surface area (Å²) in [6, 6.07) is 5.73. The van der Waals surface area contributed by atoms with Gasteiger partial charge < -0.3 is 14.7 Å². The van der Waals surface area contributed by atoms with Crippen molar-refractivity contribution in [2.45, 2.75) is 31.6 Å². The van der Waals surface area contributed by atoms with Gasteiger partial charge in [-0.15, -0.1) is 0 Å². The average molecular weight is 482 g/mol. The van der Waals surface area contributed by atoms with Gasteiger partial charge in [0, 0.05) is 18.1 Å². The number of aromatic carboxylic acids is 1. The molecule has 1 aromatic heterocycles. The molecule has 2 aromatic rings. The fourth-order valence-corrected chi connectivity index (χ4v) is 5.17. The van der Waals surface area contributed by atoms with E-state index in [0.29, 0.717) is 30.0 Å². The molecule has 1 atom stereocenters. The fourth-order valence-electron chi connectivity index (χ4n) is 3.63. The van der Waals surface area contributed by atoms with Gasteiger partial charge in [-0.1, -0.05) is 17.7 Å². The number of piperidine rings is 1. The molecule has 0 unspecified atom stereocenters. The number of aromatic nitrogens is 1. The van der Waals surface area contributed by atoms with Gasteiger partial charge in [-0.05, 0) is 50.5 Å². The molecule has 1 aromatic carbocycles. The van der Waals surface area contributed by atoms with Gasteiger partial charge in [-0.25, -0.2) is 18.2 Å². The fraction of sp³-hybridized carbons (Fsp3) is 0.381. The first-order valence-corrected chi connectivity index (χ1v) is 11.9. The number of benzene rings is 1. The van der Waals surface area contributed by atoms with Gasteiger partial charge >= 0.3 is 11.9 Å². The minimum Gasteiger partial charge on any atom is -0.478 e. The van der Waals surface area contributed by atoms with Gasteiger partial charge in [0.25, 0.3) is 10.0 Å². The third kappa shape index (κ3) is 5.13. The van der Waals surface area contributed by atoms with Crippen molar-refractivity contribution < 1.29 is 27.9 Å². The van der Waals surface area contributed by atoms with Crippen LogP contribution in [0.4, 0.5) is 11.5 Å². The van der Waals surface area contributed by atoms with Gasteiger partial charge in [0.05, 0.1) is 29.3 Å². The second kappa shape index (κ2) is 9.74. The van der Waals surface area contributed by atoms with Crippen LogP contribution in [0.1, 0.15) is 35.7 Å². The summed E-state index contributed by atoms with van der Waals surface area (Å²) in [4.78, 5) is 30.0. The Bertz CT molecular complexity index is 1140. The average Bonchev–Trinajstić information content (AvgIpc) is 2.75. The van der Waals surface area contributed by atoms with Crippen LogP contribution in [0.5, 0.6) is 0 Å². The number of nitrogens with one attached hydrogen (secondary N) is 1. The summed E-state index contributed by atoms with van der Waals surface area (Å²) >= 11 is 6.03. The van der Waals surface area contributed by atoms with Gasteiger partial charge in [0.2, 0.25) is 0 Å². The van der Waals surface area contributed by atoms with E-state index >= 15 is 0 Å². The molecule has 1 aliphatic heterocycles. The molecular formula is C21H24ClN3O6S. The zero-order valence-corrected chi connectivity index (χ0v) is 19.2. The summed E-state index contributed by atoms with van der Waals surface area (Å²) in [5.74, 6) is -1.79. The Morgan fingerprint density at radius 3 is 2.81 bits per heavy atom. The van der Waals surface area contributed by atoms with Crippen LogP contribution in [0.2, 0.25) is 5.02 Å². The van der Waals surface area contributed by atoms with Crippen LogP contribution in [0.25, 0.3) is 0 Å². The number of carboxylic acid groups (broad SMARTS) is 1. The number of sulfonamides is 1. The molecule has 1 saturated heterocycles. The number of carboxylic acids is 1. The highest BCUT2D eigenvalue weighted by atomic mass is 35.5. The Morgan fingerprint density at radius 2 is 2.12 bits per heavy atom. The Balaban J connectivity index is 1.89. The summed E-state index contributed by atoms with van der Waals surface area (Å²) in [7, 11) is -4.02. The maximum atomic E-state index is 12.8. The molecule has 172 valence electrons. The molecule has 0 bridgehead atoms. The van der Waals surface area contributed by atoms with Crippen LogP contribution in [-0.2, 0) is 19.6 Å². The monoisotopic (exact) mass is 481 g/mol. The highest BCUT2D eigenvalue weighted by Crippen LogP contribution is 2.29. The first-order chi connectivity index (χ1) is 15.1. The summed E-state index contributed by atoms with van der Waals surface area (Å²) in [5.41, 5.74) is 0.213. The van der Waals surface area contributed by atoms with E-state index in [1.54, 1.807) is 24.8 Å². The Morgan fingerprint density at radius 1 is 1.38 bits per heavy atom. The van der Waals surface area contributed by atoms with Gasteiger partial charge in [-0.2, -0.15) is 0 Å². The zero-order valence-electron chi connectivity index (χ0n) is 17.7. The number of esters is 1. The number of hydrogen-bond acceptors (Lipinski definition) is 7. The third-order valence-electron chi connectivity index (χ3n) is 5.20. The second-order valence-corrected chi connectivity index (χ2v) is 9.46. The van der Waals surface area contributed by atoms with E-state index in [9.17, 15) is 23.1 Å². The largest absolute Gasteiger partial charge is 0.478 e. The van der Waals surface area contributed by atoms with Crippen LogP contribution < -0.4 is 9.62 Å². The van der Waals surface area contributed by atoms with Crippen LogP contribution in [0.3, 0.4) is 0 Å². The van der Waals surface area contributed by atoms with Crippen molar-refractivity contribution in [2.75, 3.05) is 29.3 Å². The van der Waals surface area contributed by atoms with E-state index in [-0.39, 0.29) is 47.0 Å². The van der Waals surface area contributed by atoms with E-state index in [1.165, 1.54) is 24.4 Å². The van der Waals surface area contributed by atoms with Crippen LogP contribution in [-0.4, -0.2) is 50.1 Å². The molecule has 32 heavy (non-hydrogen) atoms. The van der Waals surface area contributed by atoms with Crippen molar-refractivity contribution in [1.29, 1.82) is 0 Å². The molecule has 0 aliphatic carbocycles. The third-order valence-corrected chi connectivity index (χ3v) is 7.13.